The van der Waals surface area contributed by atoms with Gasteiger partial charge in [0.05, 0.1) is 0 Å². The lowest BCUT2D eigenvalue weighted by atomic mass is 10.2. The Morgan fingerprint density at radius 3 is 2.39 bits per heavy atom. The molecule has 1 rings (SSSR count). The molecule has 28 heavy (non-hydrogen) atoms. The number of nitrogens with zero attached hydrogens (tertiary/aromatic N) is 1. The fraction of sp³-hybridized carbons (Fsp3) is 0.550. The lowest BCUT2D eigenvalue weighted by Gasteiger charge is -2.26. The predicted molar refractivity (Wildman–Crippen MR) is 110 cm³/mol. The summed E-state index contributed by atoms with van der Waals surface area (Å²) in [6.45, 7) is 5.20. The first-order valence-electron chi connectivity index (χ1n) is 9.05. The van der Waals surface area contributed by atoms with Crippen molar-refractivity contribution in [2.45, 2.75) is 45.4 Å². The SMILES string of the molecule is CSCC[C@@H](NC(=O)OC(C)(C)C)C(=O)N(C)CC(=O)OCc1ccccc1. The number of benzene rings is 1. The van der Waals surface area contributed by atoms with Crippen LogP contribution in [0.3, 0.4) is 0 Å². The van der Waals surface area contributed by atoms with Crippen molar-refractivity contribution in [3.05, 3.63) is 35.9 Å². The minimum atomic E-state index is -0.769. The Hall–Kier alpha value is -2.22. The highest BCUT2D eigenvalue weighted by molar-refractivity contribution is 7.98. The standard InChI is InChI=1S/C20H30N2O5S/c1-20(2,3)27-19(25)21-16(11-12-28-5)18(24)22(4)13-17(23)26-14-15-9-7-6-8-10-15/h6-10,16H,11-14H2,1-5H3,(H,21,25)/t16-/m1/s1. The molecule has 0 radical (unpaired) electrons. The van der Waals surface area contributed by atoms with Crippen LogP contribution in [0.1, 0.15) is 32.8 Å². The maximum atomic E-state index is 12.7. The molecule has 0 aliphatic heterocycles. The molecule has 0 aliphatic rings. The normalized spacial score (nSPS) is 12.0. The van der Waals surface area contributed by atoms with Gasteiger partial charge in [-0.1, -0.05) is 30.3 Å². The Balaban J connectivity index is 2.59. The van der Waals surface area contributed by atoms with Crippen molar-refractivity contribution in [2.75, 3.05) is 25.6 Å². The summed E-state index contributed by atoms with van der Waals surface area (Å²) >= 11 is 1.56. The van der Waals surface area contributed by atoms with E-state index in [1.54, 1.807) is 32.5 Å². The van der Waals surface area contributed by atoms with E-state index in [9.17, 15) is 14.4 Å². The highest BCUT2D eigenvalue weighted by Crippen LogP contribution is 2.09. The molecular formula is C20H30N2O5S. The number of hydrogen-bond acceptors (Lipinski definition) is 6. The monoisotopic (exact) mass is 410 g/mol. The van der Waals surface area contributed by atoms with Gasteiger partial charge in [-0.05, 0) is 44.8 Å². The molecule has 1 aromatic carbocycles. The molecule has 0 saturated heterocycles. The number of amides is 2. The van der Waals surface area contributed by atoms with Crippen LogP contribution in [0.5, 0.6) is 0 Å². The van der Waals surface area contributed by atoms with Crippen LogP contribution in [0, 0.1) is 0 Å². The van der Waals surface area contributed by atoms with Crippen LogP contribution >= 0.6 is 11.8 Å². The van der Waals surface area contributed by atoms with Gasteiger partial charge in [0.2, 0.25) is 5.91 Å². The quantitative estimate of drug-likeness (QED) is 0.630. The number of hydrogen-bond donors (Lipinski definition) is 1. The molecule has 0 heterocycles. The zero-order valence-electron chi connectivity index (χ0n) is 17.2. The number of rotatable bonds is 9. The van der Waals surface area contributed by atoms with Crippen LogP contribution < -0.4 is 5.32 Å². The smallest absolute Gasteiger partial charge is 0.408 e. The third kappa shape index (κ3) is 9.64. The number of carbonyl (C=O) groups excluding carboxylic acids is 3. The summed E-state index contributed by atoms with van der Waals surface area (Å²) in [4.78, 5) is 38.0. The molecule has 0 unspecified atom stereocenters. The van der Waals surface area contributed by atoms with Crippen LogP contribution in [0.25, 0.3) is 0 Å². The molecule has 156 valence electrons. The van der Waals surface area contributed by atoms with E-state index in [0.717, 1.165) is 5.56 Å². The van der Waals surface area contributed by atoms with Crippen LogP contribution in [0.15, 0.2) is 30.3 Å². The lowest BCUT2D eigenvalue weighted by molar-refractivity contribution is -0.150. The van der Waals surface area contributed by atoms with Gasteiger partial charge in [0.15, 0.2) is 0 Å². The highest BCUT2D eigenvalue weighted by Gasteiger charge is 2.27. The van der Waals surface area contributed by atoms with Gasteiger partial charge in [0.25, 0.3) is 0 Å². The van der Waals surface area contributed by atoms with E-state index < -0.39 is 23.7 Å². The minimum absolute atomic E-state index is 0.147. The number of ether oxygens (including phenoxy) is 2. The maximum Gasteiger partial charge on any atom is 0.408 e. The van der Waals surface area contributed by atoms with Gasteiger partial charge >= 0.3 is 12.1 Å². The molecule has 0 saturated carbocycles. The number of esters is 1. The number of likely N-dealkylation sites (N-methyl/N-ethyl adjacent to an activating group) is 1. The van der Waals surface area contributed by atoms with Crippen molar-refractivity contribution < 1.29 is 23.9 Å². The van der Waals surface area contributed by atoms with E-state index >= 15 is 0 Å². The summed E-state index contributed by atoms with van der Waals surface area (Å²) in [6.07, 6.45) is 1.69. The maximum absolute atomic E-state index is 12.7. The van der Waals surface area contributed by atoms with E-state index in [-0.39, 0.29) is 19.1 Å². The zero-order chi connectivity index (χ0) is 21.2. The first-order valence-corrected chi connectivity index (χ1v) is 10.4. The van der Waals surface area contributed by atoms with Crippen molar-refractivity contribution in [2.24, 2.45) is 0 Å². The van der Waals surface area contributed by atoms with Crippen molar-refractivity contribution in [1.29, 1.82) is 0 Å². The van der Waals surface area contributed by atoms with Gasteiger partial charge in [-0.3, -0.25) is 9.59 Å². The predicted octanol–water partition coefficient (Wildman–Crippen LogP) is 2.83. The molecule has 0 spiro atoms. The van der Waals surface area contributed by atoms with Crippen LogP contribution in [0.4, 0.5) is 4.79 Å². The van der Waals surface area contributed by atoms with E-state index in [0.29, 0.717) is 12.2 Å². The molecule has 0 bridgehead atoms. The summed E-state index contributed by atoms with van der Waals surface area (Å²) in [5, 5.41) is 2.60. The molecular weight excluding hydrogens is 380 g/mol. The fourth-order valence-corrected chi connectivity index (χ4v) is 2.74. The molecule has 1 atom stereocenters. The Labute approximate surface area is 171 Å². The molecule has 1 N–H and O–H groups in total. The molecule has 0 aromatic heterocycles. The van der Waals surface area contributed by atoms with E-state index in [1.807, 2.05) is 36.6 Å². The van der Waals surface area contributed by atoms with Crippen molar-refractivity contribution in [3.8, 4) is 0 Å². The third-order valence-electron chi connectivity index (χ3n) is 3.58. The fourth-order valence-electron chi connectivity index (χ4n) is 2.26. The van der Waals surface area contributed by atoms with Crippen LogP contribution in [0.2, 0.25) is 0 Å². The molecule has 0 aliphatic carbocycles. The Kier molecular flexibility index (Phi) is 9.85. The van der Waals surface area contributed by atoms with Crippen LogP contribution in [-0.4, -0.2) is 60.1 Å². The van der Waals surface area contributed by atoms with Gasteiger partial charge in [0, 0.05) is 7.05 Å². The number of nitrogens with one attached hydrogen (secondary N) is 1. The number of carbonyl (C=O) groups is 3. The molecule has 2 amide bonds. The van der Waals surface area contributed by atoms with E-state index in [2.05, 4.69) is 5.32 Å². The largest absolute Gasteiger partial charge is 0.459 e. The third-order valence-corrected chi connectivity index (χ3v) is 4.23. The first-order chi connectivity index (χ1) is 13.1. The second-order valence-corrected chi connectivity index (χ2v) is 8.31. The summed E-state index contributed by atoms with van der Waals surface area (Å²) in [6, 6.07) is 8.53. The van der Waals surface area contributed by atoms with E-state index in [4.69, 9.17) is 9.47 Å². The van der Waals surface area contributed by atoms with Gasteiger partial charge in [-0.25, -0.2) is 4.79 Å². The second-order valence-electron chi connectivity index (χ2n) is 7.32. The lowest BCUT2D eigenvalue weighted by Crippen LogP contribution is -2.50. The molecule has 8 heteroatoms. The summed E-state index contributed by atoms with van der Waals surface area (Å²) in [5.41, 5.74) is 0.207. The molecule has 7 nitrogen and oxygen atoms in total. The van der Waals surface area contributed by atoms with Gasteiger partial charge < -0.3 is 19.7 Å². The van der Waals surface area contributed by atoms with Crippen molar-refractivity contribution >= 4 is 29.7 Å². The average molecular weight is 411 g/mol. The number of thioether (sulfide) groups is 1. The van der Waals surface area contributed by atoms with Gasteiger partial charge in [0.1, 0.15) is 24.8 Å². The highest BCUT2D eigenvalue weighted by atomic mass is 32.2. The van der Waals surface area contributed by atoms with Crippen LogP contribution in [-0.2, 0) is 25.7 Å². The first kappa shape index (κ1) is 23.8. The Morgan fingerprint density at radius 2 is 1.82 bits per heavy atom. The number of alkyl carbamates (subject to hydrolysis) is 1. The Morgan fingerprint density at radius 1 is 1.18 bits per heavy atom. The van der Waals surface area contributed by atoms with Gasteiger partial charge in [-0.2, -0.15) is 11.8 Å². The summed E-state index contributed by atoms with van der Waals surface area (Å²) in [7, 11) is 1.51. The summed E-state index contributed by atoms with van der Waals surface area (Å²) in [5.74, 6) is -0.199. The zero-order valence-corrected chi connectivity index (χ0v) is 18.0. The average Bonchev–Trinajstić information content (AvgIpc) is 2.62. The second kappa shape index (κ2) is 11.6. The summed E-state index contributed by atoms with van der Waals surface area (Å²) < 4.78 is 10.4. The minimum Gasteiger partial charge on any atom is -0.459 e. The van der Waals surface area contributed by atoms with E-state index in [1.165, 1.54) is 11.9 Å². The topological polar surface area (TPSA) is 84.9 Å². The Bertz CT molecular complexity index is 646. The molecule has 0 fully saturated rings. The van der Waals surface area contributed by atoms with Gasteiger partial charge in [-0.15, -0.1) is 0 Å². The van der Waals surface area contributed by atoms with Crippen molar-refractivity contribution in [1.82, 2.24) is 10.2 Å². The van der Waals surface area contributed by atoms with Crippen molar-refractivity contribution in [3.63, 3.8) is 0 Å². The molecule has 1 aromatic rings.